The van der Waals surface area contributed by atoms with E-state index in [9.17, 15) is 13.2 Å². The van der Waals surface area contributed by atoms with Crippen molar-refractivity contribution in [3.63, 3.8) is 0 Å². The van der Waals surface area contributed by atoms with Crippen molar-refractivity contribution < 1.29 is 17.9 Å². The molecule has 0 spiro atoms. The number of hydrogen-bond donors (Lipinski definition) is 1. The van der Waals surface area contributed by atoms with Gasteiger partial charge in [0.05, 0.1) is 29.4 Å². The summed E-state index contributed by atoms with van der Waals surface area (Å²) in [6.07, 6.45) is 6.43. The van der Waals surface area contributed by atoms with E-state index in [-0.39, 0.29) is 16.8 Å². The molecular formula is C17H21N3O4S. The number of ether oxygens (including phenoxy) is 1. The minimum atomic E-state index is -3.78. The van der Waals surface area contributed by atoms with Gasteiger partial charge in [-0.15, -0.1) is 0 Å². The summed E-state index contributed by atoms with van der Waals surface area (Å²) in [7, 11) is -3.78. The Hall–Kier alpha value is -2.19. The molecule has 2 aromatic rings. The number of carbonyl (C=O) groups excluding carboxylic acids is 1. The van der Waals surface area contributed by atoms with E-state index >= 15 is 0 Å². The van der Waals surface area contributed by atoms with E-state index in [4.69, 9.17) is 4.74 Å². The van der Waals surface area contributed by atoms with E-state index < -0.39 is 10.0 Å². The fourth-order valence-electron chi connectivity index (χ4n) is 2.77. The maximum absolute atomic E-state index is 12.5. The van der Waals surface area contributed by atoms with E-state index in [1.807, 2.05) is 0 Å². The lowest BCUT2D eigenvalue weighted by atomic mass is 10.1. The fraction of sp³-hybridized carbons (Fsp3) is 0.412. The summed E-state index contributed by atoms with van der Waals surface area (Å²) < 4.78 is 34.8. The van der Waals surface area contributed by atoms with Gasteiger partial charge in [0.15, 0.2) is 5.78 Å². The summed E-state index contributed by atoms with van der Waals surface area (Å²) >= 11 is 0. The Labute approximate surface area is 147 Å². The van der Waals surface area contributed by atoms with Crippen molar-refractivity contribution in [2.75, 3.05) is 11.3 Å². The van der Waals surface area contributed by atoms with Crippen LogP contribution in [0.2, 0.25) is 0 Å². The first-order valence-corrected chi connectivity index (χ1v) is 9.70. The van der Waals surface area contributed by atoms with E-state index in [2.05, 4.69) is 9.82 Å². The predicted octanol–water partition coefficient (Wildman–Crippen LogP) is 2.46. The Balaban J connectivity index is 1.71. The van der Waals surface area contributed by atoms with Crippen LogP contribution in [0, 0.1) is 0 Å². The van der Waals surface area contributed by atoms with Crippen molar-refractivity contribution in [1.29, 1.82) is 0 Å². The highest BCUT2D eigenvalue weighted by Gasteiger charge is 2.18. The zero-order valence-corrected chi connectivity index (χ0v) is 14.8. The number of sulfonamides is 1. The Morgan fingerprint density at radius 1 is 1.40 bits per heavy atom. The van der Waals surface area contributed by atoms with E-state index in [1.165, 1.54) is 25.3 Å². The van der Waals surface area contributed by atoms with Gasteiger partial charge in [0.25, 0.3) is 10.0 Å². The molecule has 0 amide bonds. The minimum Gasteiger partial charge on any atom is -0.376 e. The van der Waals surface area contributed by atoms with Crippen LogP contribution >= 0.6 is 0 Å². The van der Waals surface area contributed by atoms with Crippen LogP contribution in [0.4, 0.5) is 5.69 Å². The highest BCUT2D eigenvalue weighted by molar-refractivity contribution is 7.92. The molecule has 25 heavy (non-hydrogen) atoms. The van der Waals surface area contributed by atoms with Crippen LogP contribution in [-0.4, -0.2) is 36.7 Å². The number of ketones is 1. The molecular weight excluding hydrogens is 342 g/mol. The number of hydrogen-bond acceptors (Lipinski definition) is 5. The molecule has 1 N–H and O–H groups in total. The molecule has 2 heterocycles. The molecule has 1 aliphatic heterocycles. The van der Waals surface area contributed by atoms with Crippen LogP contribution in [-0.2, 0) is 21.3 Å². The van der Waals surface area contributed by atoms with Crippen LogP contribution in [0.5, 0.6) is 0 Å². The van der Waals surface area contributed by atoms with Crippen LogP contribution in [0.25, 0.3) is 0 Å². The summed E-state index contributed by atoms with van der Waals surface area (Å²) in [6, 6.07) is 5.96. The first kappa shape index (κ1) is 17.6. The maximum Gasteiger partial charge on any atom is 0.262 e. The number of benzene rings is 1. The normalized spacial score (nSPS) is 18.0. The molecule has 1 unspecified atom stereocenters. The van der Waals surface area contributed by atoms with Gasteiger partial charge in [0.2, 0.25) is 0 Å². The lowest BCUT2D eigenvalue weighted by Crippen LogP contribution is -2.24. The maximum atomic E-state index is 12.5. The molecule has 1 aromatic carbocycles. The van der Waals surface area contributed by atoms with Gasteiger partial charge >= 0.3 is 0 Å². The molecule has 1 atom stereocenters. The lowest BCUT2D eigenvalue weighted by molar-refractivity contribution is 0.00400. The van der Waals surface area contributed by atoms with Crippen molar-refractivity contribution >= 4 is 21.5 Å². The molecule has 8 heteroatoms. The summed E-state index contributed by atoms with van der Waals surface area (Å²) in [5.41, 5.74) is 0.733. The van der Waals surface area contributed by atoms with E-state index in [0.717, 1.165) is 25.9 Å². The molecule has 134 valence electrons. The molecule has 1 saturated heterocycles. The number of anilines is 1. The van der Waals surface area contributed by atoms with Crippen LogP contribution in [0.1, 0.15) is 36.5 Å². The van der Waals surface area contributed by atoms with E-state index in [1.54, 1.807) is 23.0 Å². The summed E-state index contributed by atoms with van der Waals surface area (Å²) in [4.78, 5) is 11.5. The number of aromatic nitrogens is 2. The van der Waals surface area contributed by atoms with Crippen molar-refractivity contribution in [1.82, 2.24) is 9.78 Å². The zero-order chi connectivity index (χ0) is 17.9. The first-order chi connectivity index (χ1) is 11.9. The van der Waals surface area contributed by atoms with Crippen LogP contribution in [0.15, 0.2) is 41.6 Å². The first-order valence-electron chi connectivity index (χ1n) is 8.22. The SMILES string of the molecule is CC(=O)c1cccc(S(=O)(=O)Nc2cnn(CC3CCCCO3)c2)c1. The third-order valence-electron chi connectivity index (χ3n) is 4.10. The highest BCUT2D eigenvalue weighted by atomic mass is 32.2. The average Bonchev–Trinajstić information content (AvgIpc) is 3.02. The second kappa shape index (κ2) is 7.37. The molecule has 1 aromatic heterocycles. The summed E-state index contributed by atoms with van der Waals surface area (Å²) in [5.74, 6) is -0.183. The van der Waals surface area contributed by atoms with Gasteiger partial charge in [-0.05, 0) is 38.3 Å². The molecule has 0 saturated carbocycles. The lowest BCUT2D eigenvalue weighted by Gasteiger charge is -2.22. The number of Topliss-reactive ketones (excluding diaryl/α,β-unsaturated/α-hetero) is 1. The Kier molecular flexibility index (Phi) is 5.19. The number of carbonyl (C=O) groups is 1. The molecule has 1 fully saturated rings. The van der Waals surface area contributed by atoms with Gasteiger partial charge in [0.1, 0.15) is 0 Å². The number of nitrogens with zero attached hydrogens (tertiary/aromatic N) is 2. The smallest absolute Gasteiger partial charge is 0.262 e. The quantitative estimate of drug-likeness (QED) is 0.796. The standard InChI is InChI=1S/C17H21N3O4S/c1-13(21)14-5-4-7-17(9-14)25(22,23)19-15-10-18-20(11-15)12-16-6-2-3-8-24-16/h4-5,7,9-11,16,19H,2-3,6,8,12H2,1H3. The molecule has 0 bridgehead atoms. The average molecular weight is 363 g/mol. The molecule has 3 rings (SSSR count). The zero-order valence-electron chi connectivity index (χ0n) is 14.0. The Bertz CT molecular complexity index is 854. The Morgan fingerprint density at radius 3 is 2.96 bits per heavy atom. The van der Waals surface area contributed by atoms with Crippen LogP contribution < -0.4 is 4.72 Å². The van der Waals surface area contributed by atoms with Crippen molar-refractivity contribution in [2.45, 2.75) is 43.7 Å². The third-order valence-corrected chi connectivity index (χ3v) is 5.48. The largest absolute Gasteiger partial charge is 0.376 e. The Morgan fingerprint density at radius 2 is 2.24 bits per heavy atom. The molecule has 1 aliphatic rings. The summed E-state index contributed by atoms with van der Waals surface area (Å²) in [5, 5.41) is 4.19. The number of rotatable bonds is 6. The van der Waals surface area contributed by atoms with Gasteiger partial charge in [-0.1, -0.05) is 12.1 Å². The van der Waals surface area contributed by atoms with Crippen LogP contribution in [0.3, 0.4) is 0 Å². The molecule has 0 radical (unpaired) electrons. The van der Waals surface area contributed by atoms with Crippen molar-refractivity contribution in [2.24, 2.45) is 0 Å². The number of nitrogens with one attached hydrogen (secondary N) is 1. The van der Waals surface area contributed by atoms with Crippen molar-refractivity contribution in [3.8, 4) is 0 Å². The minimum absolute atomic E-state index is 0.0450. The summed E-state index contributed by atoms with van der Waals surface area (Å²) in [6.45, 7) is 2.76. The van der Waals surface area contributed by atoms with E-state index in [0.29, 0.717) is 17.8 Å². The predicted molar refractivity (Wildman–Crippen MR) is 93.1 cm³/mol. The van der Waals surface area contributed by atoms with Gasteiger partial charge in [0, 0.05) is 18.4 Å². The molecule has 0 aliphatic carbocycles. The monoisotopic (exact) mass is 363 g/mol. The topological polar surface area (TPSA) is 90.3 Å². The second-order valence-corrected chi connectivity index (χ2v) is 7.81. The van der Waals surface area contributed by atoms with Gasteiger partial charge in [-0.3, -0.25) is 14.2 Å². The van der Waals surface area contributed by atoms with Gasteiger partial charge in [-0.25, -0.2) is 8.42 Å². The third kappa shape index (κ3) is 4.46. The van der Waals surface area contributed by atoms with Gasteiger partial charge in [-0.2, -0.15) is 5.10 Å². The second-order valence-electron chi connectivity index (χ2n) is 6.13. The van der Waals surface area contributed by atoms with Gasteiger partial charge < -0.3 is 4.74 Å². The highest BCUT2D eigenvalue weighted by Crippen LogP contribution is 2.18. The molecule has 7 nitrogen and oxygen atoms in total. The fourth-order valence-corrected chi connectivity index (χ4v) is 3.85. The van der Waals surface area contributed by atoms with Crippen molar-refractivity contribution in [3.05, 3.63) is 42.2 Å².